The van der Waals surface area contributed by atoms with Crippen LogP contribution < -0.4 is 10.6 Å². The predicted octanol–water partition coefficient (Wildman–Crippen LogP) is 2.47. The summed E-state index contributed by atoms with van der Waals surface area (Å²) in [6.07, 6.45) is 6.76. The predicted molar refractivity (Wildman–Crippen MR) is 96.7 cm³/mol. The molecule has 0 fully saturated rings. The molecule has 2 rings (SSSR count). The highest BCUT2D eigenvalue weighted by atomic mass is 79.9. The Bertz CT molecular complexity index is 772. The minimum atomic E-state index is -0.332. The number of carbonyl (C=O) groups is 2. The van der Waals surface area contributed by atoms with Crippen molar-refractivity contribution in [2.24, 2.45) is 0 Å². The molecule has 0 saturated carbocycles. The van der Waals surface area contributed by atoms with Crippen LogP contribution in [0.5, 0.6) is 0 Å². The highest BCUT2D eigenvalue weighted by Crippen LogP contribution is 2.29. The lowest BCUT2D eigenvalue weighted by atomic mass is 10.2. The van der Waals surface area contributed by atoms with Crippen molar-refractivity contribution in [2.45, 2.75) is 9.92 Å². The minimum Gasteiger partial charge on any atom is -0.344 e. The van der Waals surface area contributed by atoms with Gasteiger partial charge < -0.3 is 10.6 Å². The van der Waals surface area contributed by atoms with Crippen molar-refractivity contribution in [3.05, 3.63) is 52.6 Å². The fourth-order valence-electron chi connectivity index (χ4n) is 1.75. The molecule has 2 aromatic rings. The summed E-state index contributed by atoms with van der Waals surface area (Å²) in [7, 11) is 0. The summed E-state index contributed by atoms with van der Waals surface area (Å²) in [5.74, 6) is 1.64. The highest BCUT2D eigenvalue weighted by Gasteiger charge is 2.13. The van der Waals surface area contributed by atoms with Gasteiger partial charge in [-0.15, -0.1) is 6.42 Å². The Labute approximate surface area is 152 Å². The van der Waals surface area contributed by atoms with Crippen LogP contribution in [-0.4, -0.2) is 29.9 Å². The molecule has 0 aliphatic rings. The average Bonchev–Trinajstić information content (AvgIpc) is 2.60. The van der Waals surface area contributed by atoms with Crippen molar-refractivity contribution >= 4 is 39.5 Å². The van der Waals surface area contributed by atoms with Crippen molar-refractivity contribution in [3.8, 4) is 12.3 Å². The number of terminal acetylenes is 1. The molecule has 2 amide bonds. The number of benzene rings is 1. The zero-order valence-electron chi connectivity index (χ0n) is 12.6. The topological polar surface area (TPSA) is 71.1 Å². The van der Waals surface area contributed by atoms with Crippen LogP contribution in [0.3, 0.4) is 0 Å². The smallest absolute Gasteiger partial charge is 0.252 e. The summed E-state index contributed by atoms with van der Waals surface area (Å²) >= 11 is 4.71. The molecule has 1 heterocycles. The van der Waals surface area contributed by atoms with Crippen molar-refractivity contribution in [2.75, 3.05) is 13.1 Å². The zero-order chi connectivity index (χ0) is 17.4. The van der Waals surface area contributed by atoms with E-state index < -0.39 is 0 Å². The maximum atomic E-state index is 12.3. The summed E-state index contributed by atoms with van der Waals surface area (Å²) in [5.41, 5.74) is 0.483. The summed E-state index contributed by atoms with van der Waals surface area (Å²) in [4.78, 5) is 28.9. The molecule has 0 spiro atoms. The van der Waals surface area contributed by atoms with Crippen LogP contribution in [0.15, 0.2) is 57.0 Å². The lowest BCUT2D eigenvalue weighted by Gasteiger charge is -2.09. The fraction of sp³-hybridized carbons (Fsp3) is 0.118. The van der Waals surface area contributed by atoms with Gasteiger partial charge >= 0.3 is 0 Å². The normalized spacial score (nSPS) is 9.83. The molecule has 24 heavy (non-hydrogen) atoms. The minimum absolute atomic E-state index is 0.129. The van der Waals surface area contributed by atoms with E-state index in [0.29, 0.717) is 5.56 Å². The van der Waals surface area contributed by atoms with Gasteiger partial charge in [-0.3, -0.25) is 9.59 Å². The number of hydrogen-bond donors (Lipinski definition) is 2. The van der Waals surface area contributed by atoms with E-state index in [1.165, 1.54) is 11.8 Å². The molecule has 7 heteroatoms. The van der Waals surface area contributed by atoms with Crippen LogP contribution >= 0.6 is 27.7 Å². The summed E-state index contributed by atoms with van der Waals surface area (Å²) in [5, 5.41) is 5.84. The van der Waals surface area contributed by atoms with E-state index in [9.17, 15) is 9.59 Å². The third-order valence-electron chi connectivity index (χ3n) is 2.84. The lowest BCUT2D eigenvalue weighted by molar-refractivity contribution is -0.119. The van der Waals surface area contributed by atoms with E-state index in [1.807, 2.05) is 24.3 Å². The van der Waals surface area contributed by atoms with E-state index in [0.717, 1.165) is 14.4 Å². The van der Waals surface area contributed by atoms with Crippen LogP contribution in [0.2, 0.25) is 0 Å². The fourth-order valence-corrected chi connectivity index (χ4v) is 2.87. The molecule has 0 unspecified atom stereocenters. The number of pyridine rings is 1. The number of nitrogens with one attached hydrogen (secondary N) is 2. The van der Waals surface area contributed by atoms with Crippen LogP contribution in [0.1, 0.15) is 10.4 Å². The first-order valence-corrected chi connectivity index (χ1v) is 8.58. The number of aromatic nitrogens is 1. The van der Waals surface area contributed by atoms with Crippen LogP contribution in [-0.2, 0) is 4.79 Å². The van der Waals surface area contributed by atoms with Gasteiger partial charge in [0.05, 0.1) is 18.7 Å². The molecule has 122 valence electrons. The second-order valence-corrected chi connectivity index (χ2v) is 6.55. The quantitative estimate of drug-likeness (QED) is 0.726. The van der Waals surface area contributed by atoms with Crippen molar-refractivity contribution in [1.82, 2.24) is 15.6 Å². The molecule has 2 N–H and O–H groups in total. The van der Waals surface area contributed by atoms with E-state index in [1.54, 1.807) is 18.3 Å². The van der Waals surface area contributed by atoms with Gasteiger partial charge in [0, 0.05) is 15.6 Å². The molecule has 0 radical (unpaired) electrons. The van der Waals surface area contributed by atoms with Gasteiger partial charge in [0.25, 0.3) is 5.91 Å². The molecule has 0 bridgehead atoms. The van der Waals surface area contributed by atoms with Crippen molar-refractivity contribution < 1.29 is 9.59 Å². The van der Waals surface area contributed by atoms with Crippen LogP contribution in [0.4, 0.5) is 0 Å². The largest absolute Gasteiger partial charge is 0.344 e. The standard InChI is InChI=1S/C17H14BrN3O2S/c1-2-9-19-15(22)11-21-17(23)13-5-3-4-6-14(13)24-16-8-7-12(18)10-20-16/h1,3-8,10H,9,11H2,(H,19,22)(H,21,23). The first-order chi connectivity index (χ1) is 11.6. The monoisotopic (exact) mass is 403 g/mol. The van der Waals surface area contributed by atoms with Gasteiger partial charge in [-0.25, -0.2) is 4.98 Å². The SMILES string of the molecule is C#CCNC(=O)CNC(=O)c1ccccc1Sc1ccc(Br)cn1. The Morgan fingerprint density at radius 1 is 1.21 bits per heavy atom. The molecule has 0 aliphatic carbocycles. The molecule has 0 aliphatic heterocycles. The number of amides is 2. The van der Waals surface area contributed by atoms with Crippen LogP contribution in [0.25, 0.3) is 0 Å². The van der Waals surface area contributed by atoms with Gasteiger partial charge in [-0.2, -0.15) is 0 Å². The molecule has 1 aromatic heterocycles. The Morgan fingerprint density at radius 3 is 2.71 bits per heavy atom. The zero-order valence-corrected chi connectivity index (χ0v) is 15.0. The molecular formula is C17H14BrN3O2S. The Hall–Kier alpha value is -2.30. The van der Waals surface area contributed by atoms with E-state index in [4.69, 9.17) is 6.42 Å². The Balaban J connectivity index is 2.05. The maximum absolute atomic E-state index is 12.3. The lowest BCUT2D eigenvalue weighted by Crippen LogP contribution is -2.37. The van der Waals surface area contributed by atoms with Crippen molar-refractivity contribution in [1.29, 1.82) is 0 Å². The average molecular weight is 404 g/mol. The molecule has 0 saturated heterocycles. The van der Waals surface area contributed by atoms with Crippen LogP contribution in [0, 0.1) is 12.3 Å². The Morgan fingerprint density at radius 2 is 2.00 bits per heavy atom. The number of hydrogen-bond acceptors (Lipinski definition) is 4. The van der Waals surface area contributed by atoms with E-state index >= 15 is 0 Å². The summed E-state index contributed by atoms with van der Waals surface area (Å²) < 4.78 is 0.885. The van der Waals surface area contributed by atoms with Gasteiger partial charge in [-0.1, -0.05) is 29.8 Å². The number of rotatable bonds is 6. The first kappa shape index (κ1) is 18.0. The molecule has 5 nitrogen and oxygen atoms in total. The van der Waals surface area contributed by atoms with Gasteiger partial charge in [-0.05, 0) is 40.2 Å². The summed E-state index contributed by atoms with van der Waals surface area (Å²) in [6.45, 7) is 0.00638. The van der Waals surface area contributed by atoms with Crippen molar-refractivity contribution in [3.63, 3.8) is 0 Å². The molecule has 1 aromatic carbocycles. The summed E-state index contributed by atoms with van der Waals surface area (Å²) in [6, 6.07) is 10.9. The Kier molecular flexibility index (Phi) is 6.85. The molecule has 0 atom stereocenters. The van der Waals surface area contributed by atoms with Gasteiger partial charge in [0.2, 0.25) is 5.91 Å². The molecular weight excluding hydrogens is 390 g/mol. The number of nitrogens with zero attached hydrogens (tertiary/aromatic N) is 1. The van der Waals surface area contributed by atoms with E-state index in [2.05, 4.69) is 37.5 Å². The highest BCUT2D eigenvalue weighted by molar-refractivity contribution is 9.10. The third-order valence-corrected chi connectivity index (χ3v) is 4.34. The first-order valence-electron chi connectivity index (χ1n) is 6.97. The van der Waals surface area contributed by atoms with E-state index in [-0.39, 0.29) is 24.9 Å². The second kappa shape index (κ2) is 9.11. The van der Waals surface area contributed by atoms with Gasteiger partial charge in [0.15, 0.2) is 0 Å². The number of halogens is 1. The second-order valence-electron chi connectivity index (χ2n) is 4.58. The third kappa shape index (κ3) is 5.41. The van der Waals surface area contributed by atoms with Gasteiger partial charge in [0.1, 0.15) is 5.03 Å². The maximum Gasteiger partial charge on any atom is 0.252 e. The number of carbonyl (C=O) groups excluding carboxylic acids is 2.